The van der Waals surface area contributed by atoms with E-state index in [0.717, 1.165) is 22.1 Å². The molecule has 62 heavy (non-hydrogen) atoms. The zero-order valence-electron chi connectivity index (χ0n) is 36.1. The maximum absolute atomic E-state index is 15.4. The molecule has 7 heterocycles. The van der Waals surface area contributed by atoms with Gasteiger partial charge in [-0.05, 0) is 85.9 Å². The van der Waals surface area contributed by atoms with Crippen LogP contribution in [0.4, 0.5) is 5.69 Å². The van der Waals surface area contributed by atoms with Crippen LogP contribution in [-0.4, -0.2) is 130 Å². The third kappa shape index (κ3) is 4.79. The minimum atomic E-state index is -1.91. The van der Waals surface area contributed by atoms with Gasteiger partial charge < -0.3 is 28.8 Å². The predicted octanol–water partition coefficient (Wildman–Crippen LogP) is 2.83. The Labute approximate surface area is 362 Å². The molecule has 4 fully saturated rings. The molecular formula is C47H52BN4O10. The smallest absolute Gasteiger partial charge is 0.347 e. The fourth-order valence-corrected chi connectivity index (χ4v) is 14.0. The van der Waals surface area contributed by atoms with Crippen molar-refractivity contribution in [2.75, 3.05) is 59.0 Å². The number of hydrogen-bond donors (Lipinski definition) is 1. The van der Waals surface area contributed by atoms with Crippen molar-refractivity contribution in [1.29, 1.82) is 5.26 Å². The Hall–Kier alpha value is -5.01. The fourth-order valence-electron chi connectivity index (χ4n) is 14.0. The van der Waals surface area contributed by atoms with Gasteiger partial charge >= 0.3 is 17.9 Å². The first-order valence-electron chi connectivity index (χ1n) is 21.8. The molecule has 2 aromatic rings. The third-order valence-corrected chi connectivity index (χ3v) is 16.2. The molecule has 14 nitrogen and oxygen atoms in total. The van der Waals surface area contributed by atoms with Crippen molar-refractivity contribution < 1.29 is 48.0 Å². The Balaban J connectivity index is 1.29. The number of amides is 1. The summed E-state index contributed by atoms with van der Waals surface area (Å²) in [4.78, 5) is 63.1. The monoisotopic (exact) mass is 843 g/mol. The van der Waals surface area contributed by atoms with Crippen LogP contribution in [0, 0.1) is 22.7 Å². The van der Waals surface area contributed by atoms with Crippen molar-refractivity contribution in [2.24, 2.45) is 11.3 Å². The molecule has 1 aliphatic carbocycles. The van der Waals surface area contributed by atoms with Gasteiger partial charge in [-0.15, -0.1) is 0 Å². The number of piperidine rings is 1. The van der Waals surface area contributed by atoms with Gasteiger partial charge in [-0.25, -0.2) is 4.79 Å². The van der Waals surface area contributed by atoms with Crippen LogP contribution < -0.4 is 15.1 Å². The number of carbonyl (C=O) groups excluding carboxylic acids is 4. The standard InChI is InChI=1S/C47H52BN4O10/c1-7-42(57)21-29-22-44(40(55)59-5,37-30(12-16-50(24-29)25-42)31-18-28(23-49)10-11-34(31)48-37)33-19-32-35(20-36(33)58-4)52(26-53)47-45(32)14-17-51-15-9-13-43(8-2,38(45)51)39(61-27(3)54)46(47,62-47)41(56)60-6/h9-11,13,18-20,26,29,38-39,57H,7-8,12,14-17,21-22,24-25H2,1-6H3/t29-,38+,39-,42+,43-,44+,45-,46+,47+/m1/s1. The van der Waals surface area contributed by atoms with Gasteiger partial charge in [0.25, 0.3) is 5.60 Å². The number of hydrogen-bond acceptors (Lipinski definition) is 13. The first-order chi connectivity index (χ1) is 29.8. The van der Waals surface area contributed by atoms with Crippen LogP contribution in [0.5, 0.6) is 5.75 Å². The van der Waals surface area contributed by atoms with E-state index in [1.165, 1.54) is 33.2 Å². The lowest BCUT2D eigenvalue weighted by atomic mass is 9.48. The van der Waals surface area contributed by atoms with Crippen LogP contribution in [-0.2, 0) is 49.0 Å². The third-order valence-electron chi connectivity index (χ3n) is 16.2. The Morgan fingerprint density at radius 1 is 1.05 bits per heavy atom. The van der Waals surface area contributed by atoms with Gasteiger partial charge in [0.15, 0.2) is 13.4 Å². The van der Waals surface area contributed by atoms with E-state index in [4.69, 9.17) is 23.7 Å². The van der Waals surface area contributed by atoms with E-state index in [-0.39, 0.29) is 12.3 Å². The van der Waals surface area contributed by atoms with Crippen molar-refractivity contribution >= 4 is 48.3 Å². The minimum absolute atomic E-state index is 0.170. The molecule has 3 saturated heterocycles. The topological polar surface area (TPSA) is 171 Å². The second kappa shape index (κ2) is 13.7. The molecule has 1 N–H and O–H groups in total. The number of nitrogens with zero attached hydrogens (tertiary/aromatic N) is 4. The van der Waals surface area contributed by atoms with E-state index in [9.17, 15) is 24.8 Å². The number of carbonyl (C=O) groups is 4. The summed E-state index contributed by atoms with van der Waals surface area (Å²) >= 11 is 0. The zero-order valence-corrected chi connectivity index (χ0v) is 36.1. The lowest BCUT2D eigenvalue weighted by molar-refractivity contribution is -0.178. The fraction of sp³-hybridized carbons (Fsp3) is 0.553. The maximum Gasteiger partial charge on any atom is 0.347 e. The molecule has 8 aliphatic rings. The van der Waals surface area contributed by atoms with E-state index >= 15 is 4.79 Å². The molecule has 2 bridgehead atoms. The first kappa shape index (κ1) is 41.0. The van der Waals surface area contributed by atoms with Crippen LogP contribution in [0.2, 0.25) is 0 Å². The first-order valence-corrected chi connectivity index (χ1v) is 21.8. The van der Waals surface area contributed by atoms with E-state index in [2.05, 4.69) is 28.0 Å². The van der Waals surface area contributed by atoms with Crippen LogP contribution in [0.15, 0.2) is 48.0 Å². The summed E-state index contributed by atoms with van der Waals surface area (Å²) in [6.07, 6.45) is 6.35. The number of ether oxygens (including phenoxy) is 5. The summed E-state index contributed by atoms with van der Waals surface area (Å²) in [6.45, 7) is 8.23. The largest absolute Gasteiger partial charge is 0.496 e. The Bertz CT molecular complexity index is 2450. The summed E-state index contributed by atoms with van der Waals surface area (Å²) < 4.78 is 31.1. The molecule has 1 amide bonds. The predicted molar refractivity (Wildman–Crippen MR) is 225 cm³/mol. The average molecular weight is 844 g/mol. The number of benzene rings is 2. The Morgan fingerprint density at radius 2 is 1.84 bits per heavy atom. The van der Waals surface area contributed by atoms with Crippen molar-refractivity contribution in [3.05, 3.63) is 70.2 Å². The molecule has 10 atom stereocenters. The molecule has 0 aromatic heterocycles. The number of epoxide rings is 1. The van der Waals surface area contributed by atoms with Crippen molar-refractivity contribution in [2.45, 2.75) is 99.2 Å². The summed E-state index contributed by atoms with van der Waals surface area (Å²) in [5.74, 6) is -1.71. The molecule has 15 heteroatoms. The van der Waals surface area contributed by atoms with Crippen molar-refractivity contribution in [1.82, 2.24) is 9.80 Å². The van der Waals surface area contributed by atoms with Crippen molar-refractivity contribution in [3.8, 4) is 11.8 Å². The minimum Gasteiger partial charge on any atom is -0.496 e. The zero-order chi connectivity index (χ0) is 43.8. The molecule has 1 saturated carbocycles. The van der Waals surface area contributed by atoms with Gasteiger partial charge in [0.2, 0.25) is 12.1 Å². The molecule has 1 unspecified atom stereocenters. The van der Waals surface area contributed by atoms with Gasteiger partial charge in [-0.1, -0.05) is 43.0 Å². The van der Waals surface area contributed by atoms with E-state index in [1.54, 1.807) is 12.1 Å². The lowest BCUT2D eigenvalue weighted by Gasteiger charge is -2.58. The number of fused-ring (bicyclic) bond motifs is 5. The SMILES string of the molecule is CC[C@]1(O)C[C@H]2CN(CCC3=C([B]c4ccc(C#N)cc43)[C@@](C(=O)OC)(c3cc4c(cc3OC)N(C=O)[C@@]35O[C@]3(C(=O)OC)[C@H](OC(C)=O)[C@]3(CC)C=CCN6CC[C@]45[C@@H]63)C2)C1. The Morgan fingerprint density at radius 3 is 2.52 bits per heavy atom. The molecule has 7 aliphatic heterocycles. The van der Waals surface area contributed by atoms with Crippen LogP contribution in [0.1, 0.15) is 81.5 Å². The molecule has 2 aromatic carbocycles. The number of aliphatic hydroxyl groups is 1. The summed E-state index contributed by atoms with van der Waals surface area (Å²) in [6, 6.07) is 11.2. The van der Waals surface area contributed by atoms with E-state index < -0.39 is 63.2 Å². The van der Waals surface area contributed by atoms with Crippen molar-refractivity contribution in [3.63, 3.8) is 0 Å². The maximum atomic E-state index is 15.4. The van der Waals surface area contributed by atoms with E-state index in [0.29, 0.717) is 99.4 Å². The number of esters is 3. The highest BCUT2D eigenvalue weighted by Crippen LogP contribution is 2.80. The van der Waals surface area contributed by atoms with Gasteiger partial charge in [0.1, 0.15) is 11.2 Å². The highest BCUT2D eigenvalue weighted by Gasteiger charge is 2.99. The summed E-state index contributed by atoms with van der Waals surface area (Å²) in [5, 5.41) is 22.1. The normalized spacial score (nSPS) is 37.9. The van der Waals surface area contributed by atoms with Gasteiger partial charge in [-0.3, -0.25) is 29.1 Å². The molecular weight excluding hydrogens is 791 g/mol. The van der Waals surface area contributed by atoms with Gasteiger partial charge in [0.05, 0.1) is 49.7 Å². The quantitative estimate of drug-likeness (QED) is 0.103. The van der Waals surface area contributed by atoms with Gasteiger partial charge in [-0.2, -0.15) is 5.26 Å². The van der Waals surface area contributed by atoms with Crippen LogP contribution in [0.25, 0.3) is 5.57 Å². The number of nitriles is 1. The summed E-state index contributed by atoms with van der Waals surface area (Å²) in [7, 11) is 6.24. The van der Waals surface area contributed by atoms with Gasteiger partial charge in [0, 0.05) is 56.2 Å². The van der Waals surface area contributed by atoms with E-state index in [1.807, 2.05) is 39.3 Å². The second-order valence-electron chi connectivity index (χ2n) is 18.7. The number of rotatable bonds is 8. The average Bonchev–Trinajstić information content (AvgIpc) is 3.50. The van der Waals surface area contributed by atoms with Crippen LogP contribution in [0.3, 0.4) is 0 Å². The number of anilines is 1. The lowest BCUT2D eigenvalue weighted by Crippen LogP contribution is -2.75. The molecule has 323 valence electrons. The highest BCUT2D eigenvalue weighted by atomic mass is 16.7. The Kier molecular flexibility index (Phi) is 9.10. The number of methoxy groups -OCH3 is 3. The molecule has 2 spiro atoms. The second-order valence-corrected chi connectivity index (χ2v) is 18.7. The van der Waals surface area contributed by atoms with Crippen LogP contribution >= 0.6 is 0 Å². The summed E-state index contributed by atoms with van der Waals surface area (Å²) in [5.41, 5.74) is -2.58. The molecule has 10 rings (SSSR count). The molecule has 1 radical (unpaired) electrons. The highest BCUT2D eigenvalue weighted by molar-refractivity contribution is 6.67.